The van der Waals surface area contributed by atoms with Crippen LogP contribution in [0.5, 0.6) is 0 Å². The Balaban J connectivity index is 1.41. The molecule has 0 saturated carbocycles. The van der Waals surface area contributed by atoms with Crippen molar-refractivity contribution in [3.63, 3.8) is 0 Å². The molecule has 0 unspecified atom stereocenters. The van der Waals surface area contributed by atoms with E-state index in [9.17, 15) is 0 Å². The molecule has 2 fully saturated rings. The van der Waals surface area contributed by atoms with Crippen molar-refractivity contribution < 1.29 is 9.13 Å². The number of rotatable bonds is 4. The molecule has 0 atom stereocenters. The second kappa shape index (κ2) is 7.63. The largest absolute Gasteiger partial charge is 0.383 e. The molecule has 0 bridgehead atoms. The molecule has 33 heavy (non-hydrogen) atoms. The predicted octanol–water partition coefficient (Wildman–Crippen LogP) is 3.38. The maximum absolute atomic E-state index is 15.9. The Morgan fingerprint density at radius 1 is 1.15 bits per heavy atom. The maximum Gasteiger partial charge on any atom is 0.228 e. The minimum Gasteiger partial charge on any atom is -0.383 e. The molecule has 4 heterocycles. The first-order valence-electron chi connectivity index (χ1n) is 10.6. The standard InChI is InChI=1S/C22H21ClFN7OS/c1-30(11-8-32-9-11)10-6-31(7-10)22-28-19-13(20(25)29-22)5-14(23)16(17(19)24)12-3-2-4-15-18(12)27-21(26)33-15/h2-5,10-11H,6-9H2,1H3,(H2,26,27)(H2,25,28,29). The highest BCUT2D eigenvalue weighted by molar-refractivity contribution is 7.22. The summed E-state index contributed by atoms with van der Waals surface area (Å²) >= 11 is 7.88. The van der Waals surface area contributed by atoms with Crippen LogP contribution in [-0.4, -0.2) is 65.3 Å². The summed E-state index contributed by atoms with van der Waals surface area (Å²) in [6, 6.07) is 7.95. The lowest BCUT2D eigenvalue weighted by molar-refractivity contribution is -0.0725. The summed E-state index contributed by atoms with van der Waals surface area (Å²) in [4.78, 5) is 17.7. The highest BCUT2D eigenvalue weighted by Gasteiger charge is 2.37. The van der Waals surface area contributed by atoms with Gasteiger partial charge in [0.05, 0.1) is 34.5 Å². The number of likely N-dealkylation sites (N-methyl/N-ethyl adjacent to an activating group) is 1. The number of nitrogens with two attached hydrogens (primary N) is 2. The fraction of sp³-hybridized carbons (Fsp3) is 0.318. The van der Waals surface area contributed by atoms with Crippen LogP contribution in [0.15, 0.2) is 24.3 Å². The van der Waals surface area contributed by atoms with Gasteiger partial charge in [-0.3, -0.25) is 4.90 Å². The van der Waals surface area contributed by atoms with Gasteiger partial charge < -0.3 is 21.1 Å². The zero-order valence-electron chi connectivity index (χ0n) is 17.8. The van der Waals surface area contributed by atoms with E-state index in [1.165, 1.54) is 11.3 Å². The number of para-hydroxylation sites is 1. The summed E-state index contributed by atoms with van der Waals surface area (Å²) in [6.45, 7) is 3.02. The highest BCUT2D eigenvalue weighted by atomic mass is 35.5. The first-order valence-corrected chi connectivity index (χ1v) is 11.8. The molecule has 2 aromatic heterocycles. The van der Waals surface area contributed by atoms with Crippen molar-refractivity contribution in [3.8, 4) is 11.1 Å². The number of anilines is 3. The molecule has 0 radical (unpaired) electrons. The zero-order valence-corrected chi connectivity index (χ0v) is 19.3. The highest BCUT2D eigenvalue weighted by Crippen LogP contribution is 2.41. The second-order valence-electron chi connectivity index (χ2n) is 8.47. The number of nitrogen functional groups attached to an aromatic ring is 2. The second-order valence-corrected chi connectivity index (χ2v) is 9.94. The van der Waals surface area contributed by atoms with Gasteiger partial charge in [-0.05, 0) is 19.2 Å². The Kier molecular flexibility index (Phi) is 4.80. The van der Waals surface area contributed by atoms with E-state index in [1.807, 2.05) is 17.0 Å². The number of nitrogens with zero attached hydrogens (tertiary/aromatic N) is 5. The smallest absolute Gasteiger partial charge is 0.228 e. The van der Waals surface area contributed by atoms with Crippen molar-refractivity contribution in [1.29, 1.82) is 0 Å². The lowest BCUT2D eigenvalue weighted by Crippen LogP contribution is -2.64. The van der Waals surface area contributed by atoms with Gasteiger partial charge in [0.15, 0.2) is 10.9 Å². The van der Waals surface area contributed by atoms with Crippen LogP contribution in [0.25, 0.3) is 32.2 Å². The number of hydrogen-bond acceptors (Lipinski definition) is 9. The van der Waals surface area contributed by atoms with Crippen LogP contribution in [0, 0.1) is 5.82 Å². The van der Waals surface area contributed by atoms with Crippen LogP contribution in [0.3, 0.4) is 0 Å². The van der Waals surface area contributed by atoms with Gasteiger partial charge in [-0.2, -0.15) is 4.98 Å². The van der Waals surface area contributed by atoms with Crippen molar-refractivity contribution in [2.45, 2.75) is 12.1 Å². The van der Waals surface area contributed by atoms with Crippen molar-refractivity contribution >= 4 is 61.0 Å². The number of aromatic nitrogens is 3. The quantitative estimate of drug-likeness (QED) is 0.453. The van der Waals surface area contributed by atoms with Gasteiger partial charge in [-0.1, -0.05) is 35.1 Å². The lowest BCUT2D eigenvalue weighted by atomic mass is 10.0. The Hall–Kier alpha value is -2.79. The molecule has 170 valence electrons. The number of fused-ring (bicyclic) bond motifs is 2. The molecule has 2 aliphatic rings. The fourth-order valence-electron chi connectivity index (χ4n) is 4.39. The average Bonchev–Trinajstić information content (AvgIpc) is 3.07. The van der Waals surface area contributed by atoms with E-state index in [4.69, 9.17) is 27.8 Å². The van der Waals surface area contributed by atoms with E-state index in [-0.39, 0.29) is 21.9 Å². The van der Waals surface area contributed by atoms with Crippen molar-refractivity contribution in [2.75, 3.05) is 49.7 Å². The third-order valence-electron chi connectivity index (χ3n) is 6.52. The molecular weight excluding hydrogens is 465 g/mol. The van der Waals surface area contributed by atoms with Gasteiger partial charge in [0, 0.05) is 35.6 Å². The minimum atomic E-state index is -0.548. The number of benzene rings is 2. The fourth-order valence-corrected chi connectivity index (χ4v) is 5.45. The topological polar surface area (TPSA) is 106 Å². The predicted molar refractivity (Wildman–Crippen MR) is 130 cm³/mol. The Morgan fingerprint density at radius 3 is 2.67 bits per heavy atom. The monoisotopic (exact) mass is 485 g/mol. The van der Waals surface area contributed by atoms with Crippen LogP contribution in [0.4, 0.5) is 21.3 Å². The molecule has 6 rings (SSSR count). The summed E-state index contributed by atoms with van der Waals surface area (Å²) in [7, 11) is 2.10. The molecule has 2 aliphatic heterocycles. The number of thiazole rings is 1. The van der Waals surface area contributed by atoms with Crippen molar-refractivity contribution in [1.82, 2.24) is 19.9 Å². The maximum atomic E-state index is 15.9. The van der Waals surface area contributed by atoms with Crippen LogP contribution < -0.4 is 16.4 Å². The van der Waals surface area contributed by atoms with E-state index in [2.05, 4.69) is 26.9 Å². The van der Waals surface area contributed by atoms with Crippen LogP contribution >= 0.6 is 22.9 Å². The number of ether oxygens (including phenoxy) is 1. The van der Waals surface area contributed by atoms with Crippen LogP contribution in [0.2, 0.25) is 5.02 Å². The summed E-state index contributed by atoms with van der Waals surface area (Å²) in [5.41, 5.74) is 13.6. The molecule has 0 spiro atoms. The van der Waals surface area contributed by atoms with Crippen molar-refractivity contribution in [2.24, 2.45) is 0 Å². The molecule has 8 nitrogen and oxygen atoms in total. The van der Waals surface area contributed by atoms with Gasteiger partial charge in [-0.25, -0.2) is 14.4 Å². The van der Waals surface area contributed by atoms with Gasteiger partial charge in [0.1, 0.15) is 11.3 Å². The normalized spacial score (nSPS) is 17.2. The van der Waals surface area contributed by atoms with Crippen LogP contribution in [-0.2, 0) is 4.74 Å². The Morgan fingerprint density at radius 2 is 1.94 bits per heavy atom. The van der Waals surface area contributed by atoms with E-state index in [0.29, 0.717) is 39.6 Å². The molecule has 4 N–H and O–H groups in total. The van der Waals surface area contributed by atoms with Gasteiger partial charge in [-0.15, -0.1) is 0 Å². The molecule has 11 heteroatoms. The van der Waals surface area contributed by atoms with Gasteiger partial charge >= 0.3 is 0 Å². The summed E-state index contributed by atoms with van der Waals surface area (Å²) in [5, 5.41) is 1.01. The third kappa shape index (κ3) is 3.28. The Labute approximate surface area is 197 Å². The Bertz CT molecular complexity index is 1400. The SMILES string of the molecule is CN(C1COC1)C1CN(c2nc(N)c3cc(Cl)c(-c4cccc5sc(N)nc45)c(F)c3n2)C1. The zero-order chi connectivity index (χ0) is 22.9. The first-order chi connectivity index (χ1) is 15.9. The molecule has 4 aromatic rings. The lowest BCUT2D eigenvalue weighted by Gasteiger charge is -2.48. The summed E-state index contributed by atoms with van der Waals surface area (Å²) in [5.74, 6) is 0.0631. The summed E-state index contributed by atoms with van der Waals surface area (Å²) in [6.07, 6.45) is 0. The molecule has 2 saturated heterocycles. The average molecular weight is 486 g/mol. The molecule has 0 aliphatic carbocycles. The third-order valence-corrected chi connectivity index (χ3v) is 7.67. The van der Waals surface area contributed by atoms with Crippen LogP contribution in [0.1, 0.15) is 0 Å². The summed E-state index contributed by atoms with van der Waals surface area (Å²) < 4.78 is 22.1. The molecular formula is C22H21ClFN7OS. The first kappa shape index (κ1) is 20.8. The van der Waals surface area contributed by atoms with Gasteiger partial charge in [0.25, 0.3) is 0 Å². The number of hydrogen-bond donors (Lipinski definition) is 2. The van der Waals surface area contributed by atoms with E-state index in [1.54, 1.807) is 12.1 Å². The van der Waals surface area contributed by atoms with E-state index in [0.717, 1.165) is 31.0 Å². The van der Waals surface area contributed by atoms with E-state index >= 15 is 4.39 Å². The van der Waals surface area contributed by atoms with Crippen molar-refractivity contribution in [3.05, 3.63) is 35.1 Å². The van der Waals surface area contributed by atoms with E-state index < -0.39 is 5.82 Å². The molecule has 0 amide bonds. The molecule has 2 aromatic carbocycles. The van der Waals surface area contributed by atoms with Gasteiger partial charge in [0.2, 0.25) is 5.95 Å². The number of halogens is 2. The minimum absolute atomic E-state index is 0.140.